The second-order valence-electron chi connectivity index (χ2n) is 6.00. The maximum atomic E-state index is 6.04. The van der Waals surface area contributed by atoms with Gasteiger partial charge in [0, 0.05) is 25.3 Å². The van der Waals surface area contributed by atoms with Crippen molar-refractivity contribution in [1.29, 1.82) is 0 Å². The minimum Gasteiger partial charge on any atom is -0.374 e. The molecule has 2 unspecified atom stereocenters. The molecule has 1 aliphatic carbocycles. The summed E-state index contributed by atoms with van der Waals surface area (Å²) in [6.45, 7) is 5.98. The van der Waals surface area contributed by atoms with Crippen LogP contribution in [0.3, 0.4) is 0 Å². The molecule has 1 saturated heterocycles. The third-order valence-electron chi connectivity index (χ3n) is 4.31. The van der Waals surface area contributed by atoms with Crippen LogP contribution in [0.2, 0.25) is 0 Å². The molecule has 0 bridgehead atoms. The number of nitrogens with one attached hydrogen (secondary N) is 1. The molecule has 5 nitrogen and oxygen atoms in total. The number of hydrogen-bond donors (Lipinski definition) is 1. The predicted molar refractivity (Wildman–Crippen MR) is 78.8 cm³/mol. The maximum absolute atomic E-state index is 6.04. The Morgan fingerprint density at radius 3 is 3.05 bits per heavy atom. The molecule has 2 atom stereocenters. The lowest BCUT2D eigenvalue weighted by atomic mass is 10.0. The van der Waals surface area contributed by atoms with Crippen molar-refractivity contribution in [2.45, 2.75) is 44.4 Å². The Morgan fingerprint density at radius 1 is 1.45 bits per heavy atom. The molecule has 1 aromatic rings. The van der Waals surface area contributed by atoms with Crippen LogP contribution < -0.4 is 5.32 Å². The van der Waals surface area contributed by atoms with Crippen molar-refractivity contribution in [2.75, 3.05) is 33.3 Å². The highest BCUT2D eigenvalue weighted by molar-refractivity contribution is 5.12. The third kappa shape index (κ3) is 2.90. The average molecular weight is 278 g/mol. The van der Waals surface area contributed by atoms with E-state index in [1.807, 2.05) is 12.5 Å². The molecule has 0 spiro atoms. The van der Waals surface area contributed by atoms with Crippen LogP contribution in [0, 0.1) is 0 Å². The molecule has 1 saturated carbocycles. The van der Waals surface area contributed by atoms with Gasteiger partial charge in [0.1, 0.15) is 0 Å². The Labute approximate surface area is 121 Å². The van der Waals surface area contributed by atoms with Gasteiger partial charge >= 0.3 is 0 Å². The first kappa shape index (κ1) is 14.0. The van der Waals surface area contributed by atoms with Crippen molar-refractivity contribution in [1.82, 2.24) is 19.8 Å². The fourth-order valence-electron chi connectivity index (χ4n) is 3.07. The monoisotopic (exact) mass is 278 g/mol. The minimum atomic E-state index is 0.217. The van der Waals surface area contributed by atoms with E-state index in [0.29, 0.717) is 12.1 Å². The first-order chi connectivity index (χ1) is 9.81. The molecule has 0 aromatic carbocycles. The summed E-state index contributed by atoms with van der Waals surface area (Å²) in [6, 6.07) is 0.989. The molecule has 0 amide bonds. The fourth-order valence-corrected chi connectivity index (χ4v) is 3.07. The Kier molecular flexibility index (Phi) is 4.38. The number of rotatable bonds is 6. The topological polar surface area (TPSA) is 42.3 Å². The Morgan fingerprint density at radius 2 is 2.30 bits per heavy atom. The van der Waals surface area contributed by atoms with Crippen LogP contribution in [0.25, 0.3) is 0 Å². The number of aromatic nitrogens is 2. The fraction of sp³-hybridized carbons (Fsp3) is 0.800. The van der Waals surface area contributed by atoms with Gasteiger partial charge in [0.15, 0.2) is 0 Å². The SMILES string of the molecule is CCCNCC1OCCN(C)C1c1cncn1C1CC1. The van der Waals surface area contributed by atoms with Gasteiger partial charge in [0.05, 0.1) is 30.8 Å². The zero-order valence-electron chi connectivity index (χ0n) is 12.6. The smallest absolute Gasteiger partial charge is 0.0951 e. The lowest BCUT2D eigenvalue weighted by Crippen LogP contribution is -2.48. The number of nitrogens with zero attached hydrogens (tertiary/aromatic N) is 3. The maximum Gasteiger partial charge on any atom is 0.0951 e. The van der Waals surface area contributed by atoms with Gasteiger partial charge in [-0.2, -0.15) is 0 Å². The van der Waals surface area contributed by atoms with Gasteiger partial charge in [-0.3, -0.25) is 4.90 Å². The van der Waals surface area contributed by atoms with Crippen LogP contribution in [0.1, 0.15) is 44.0 Å². The molecule has 1 N–H and O–H groups in total. The van der Waals surface area contributed by atoms with Crippen molar-refractivity contribution < 1.29 is 4.74 Å². The average Bonchev–Trinajstić information content (AvgIpc) is 3.18. The molecule has 0 radical (unpaired) electrons. The lowest BCUT2D eigenvalue weighted by molar-refractivity contribution is -0.0636. The molecule has 2 fully saturated rings. The Hall–Kier alpha value is -0.910. The van der Waals surface area contributed by atoms with E-state index < -0.39 is 0 Å². The van der Waals surface area contributed by atoms with E-state index in [1.165, 1.54) is 18.5 Å². The van der Waals surface area contributed by atoms with Crippen LogP contribution in [0.5, 0.6) is 0 Å². The normalized spacial score (nSPS) is 27.9. The summed E-state index contributed by atoms with van der Waals surface area (Å²) in [5.74, 6) is 0. The van der Waals surface area contributed by atoms with Gasteiger partial charge in [-0.15, -0.1) is 0 Å². The summed E-state index contributed by atoms with van der Waals surface area (Å²) < 4.78 is 8.40. The summed E-state index contributed by atoms with van der Waals surface area (Å²) in [5, 5.41) is 3.50. The molecular weight excluding hydrogens is 252 g/mol. The van der Waals surface area contributed by atoms with Gasteiger partial charge < -0.3 is 14.6 Å². The summed E-state index contributed by atoms with van der Waals surface area (Å²) in [7, 11) is 2.20. The summed E-state index contributed by atoms with van der Waals surface area (Å²) in [4.78, 5) is 6.80. The standard InChI is InChI=1S/C15H26N4O/c1-3-6-16-10-14-15(18(2)7-8-20-14)13-9-17-11-19(13)12-4-5-12/h9,11-12,14-16H,3-8,10H2,1-2H3. The van der Waals surface area contributed by atoms with Crippen LogP contribution in [0.15, 0.2) is 12.5 Å². The van der Waals surface area contributed by atoms with Crippen LogP contribution in [-0.2, 0) is 4.74 Å². The largest absolute Gasteiger partial charge is 0.374 e. The van der Waals surface area contributed by atoms with Crippen LogP contribution >= 0.6 is 0 Å². The quantitative estimate of drug-likeness (QED) is 0.803. The highest BCUT2D eigenvalue weighted by Gasteiger charge is 2.36. The number of morpholine rings is 1. The van der Waals surface area contributed by atoms with Gasteiger partial charge in [-0.05, 0) is 32.9 Å². The molecule has 2 aliphatic rings. The van der Waals surface area contributed by atoms with E-state index in [9.17, 15) is 0 Å². The van der Waals surface area contributed by atoms with Crippen molar-refractivity contribution >= 4 is 0 Å². The van der Waals surface area contributed by atoms with Crippen molar-refractivity contribution in [3.05, 3.63) is 18.2 Å². The van der Waals surface area contributed by atoms with Gasteiger partial charge in [0.25, 0.3) is 0 Å². The molecule has 1 aromatic heterocycles. The van der Waals surface area contributed by atoms with E-state index in [-0.39, 0.29) is 6.10 Å². The first-order valence-electron chi connectivity index (χ1n) is 7.85. The lowest BCUT2D eigenvalue weighted by Gasteiger charge is -2.39. The van der Waals surface area contributed by atoms with E-state index >= 15 is 0 Å². The molecule has 5 heteroatoms. The van der Waals surface area contributed by atoms with E-state index in [4.69, 9.17) is 4.74 Å². The van der Waals surface area contributed by atoms with Gasteiger partial charge in [0.2, 0.25) is 0 Å². The third-order valence-corrected chi connectivity index (χ3v) is 4.31. The van der Waals surface area contributed by atoms with Crippen molar-refractivity contribution in [3.8, 4) is 0 Å². The van der Waals surface area contributed by atoms with Gasteiger partial charge in [-0.1, -0.05) is 6.92 Å². The zero-order chi connectivity index (χ0) is 13.9. The highest BCUT2D eigenvalue weighted by atomic mass is 16.5. The molecule has 1 aliphatic heterocycles. The summed E-state index contributed by atoms with van der Waals surface area (Å²) in [6.07, 6.45) is 7.98. The molecule has 20 heavy (non-hydrogen) atoms. The number of likely N-dealkylation sites (N-methyl/N-ethyl adjacent to an activating group) is 1. The molecule has 112 valence electrons. The zero-order valence-corrected chi connectivity index (χ0v) is 12.6. The van der Waals surface area contributed by atoms with Crippen molar-refractivity contribution in [3.63, 3.8) is 0 Å². The van der Waals surface area contributed by atoms with Crippen LogP contribution in [0.4, 0.5) is 0 Å². The van der Waals surface area contributed by atoms with Gasteiger partial charge in [-0.25, -0.2) is 4.98 Å². The molecule has 3 rings (SSSR count). The number of ether oxygens (including phenoxy) is 1. The minimum absolute atomic E-state index is 0.217. The van der Waals surface area contributed by atoms with Crippen molar-refractivity contribution in [2.24, 2.45) is 0 Å². The second-order valence-corrected chi connectivity index (χ2v) is 6.00. The summed E-state index contributed by atoms with van der Waals surface area (Å²) in [5.41, 5.74) is 1.32. The number of hydrogen-bond acceptors (Lipinski definition) is 4. The highest BCUT2D eigenvalue weighted by Crippen LogP contribution is 2.39. The second kappa shape index (κ2) is 6.24. The molecular formula is C15H26N4O. The Bertz CT molecular complexity index is 429. The van der Waals surface area contributed by atoms with Crippen LogP contribution in [-0.4, -0.2) is 53.8 Å². The Balaban J connectivity index is 1.76. The van der Waals surface area contributed by atoms with E-state index in [1.54, 1.807) is 0 Å². The first-order valence-corrected chi connectivity index (χ1v) is 7.85. The van der Waals surface area contributed by atoms with E-state index in [0.717, 1.165) is 32.7 Å². The summed E-state index contributed by atoms with van der Waals surface area (Å²) >= 11 is 0. The number of imidazole rings is 1. The van der Waals surface area contributed by atoms with E-state index in [2.05, 4.69) is 33.7 Å². The molecule has 2 heterocycles. The predicted octanol–water partition coefficient (Wildman–Crippen LogP) is 1.59.